The minimum Gasteiger partial charge on any atom is -0.435 e. The van der Waals surface area contributed by atoms with Crippen LogP contribution in [-0.4, -0.2) is 17.5 Å². The number of ether oxygens (including phenoxy) is 1. The van der Waals surface area contributed by atoms with Crippen molar-refractivity contribution in [3.63, 3.8) is 0 Å². The van der Waals surface area contributed by atoms with E-state index < -0.39 is 6.61 Å². The topological polar surface area (TPSA) is 51.2 Å². The van der Waals surface area contributed by atoms with Gasteiger partial charge in [-0.1, -0.05) is 12.1 Å². The van der Waals surface area contributed by atoms with E-state index in [2.05, 4.69) is 15.0 Å². The normalized spacial score (nSPS) is 12.0. The smallest absolute Gasteiger partial charge is 0.387 e. The molecular formula is C15H14F2N2O2. The van der Waals surface area contributed by atoms with Gasteiger partial charge in [0.2, 0.25) is 0 Å². The number of amides is 1. The average molecular weight is 292 g/mol. The van der Waals surface area contributed by atoms with Gasteiger partial charge in [-0.2, -0.15) is 8.78 Å². The van der Waals surface area contributed by atoms with Gasteiger partial charge in [-0.15, -0.1) is 0 Å². The lowest BCUT2D eigenvalue weighted by Crippen LogP contribution is -2.26. The van der Waals surface area contributed by atoms with Crippen LogP contribution in [0.1, 0.15) is 28.9 Å². The molecule has 0 aliphatic heterocycles. The quantitative estimate of drug-likeness (QED) is 0.921. The van der Waals surface area contributed by atoms with E-state index in [1.54, 1.807) is 37.4 Å². The van der Waals surface area contributed by atoms with E-state index in [-0.39, 0.29) is 17.7 Å². The molecule has 0 saturated heterocycles. The Morgan fingerprint density at radius 2 is 1.95 bits per heavy atom. The summed E-state index contributed by atoms with van der Waals surface area (Å²) in [6.07, 6.45) is 3.06. The number of carbonyl (C=O) groups excluding carboxylic acids is 1. The Labute approximate surface area is 120 Å². The first-order valence-electron chi connectivity index (χ1n) is 6.32. The second-order valence-corrected chi connectivity index (χ2v) is 4.38. The van der Waals surface area contributed by atoms with Gasteiger partial charge in [0, 0.05) is 12.4 Å². The molecule has 0 aliphatic carbocycles. The summed E-state index contributed by atoms with van der Waals surface area (Å²) in [4.78, 5) is 15.8. The third-order valence-electron chi connectivity index (χ3n) is 2.88. The van der Waals surface area contributed by atoms with E-state index >= 15 is 0 Å². The minimum absolute atomic E-state index is 0.0829. The van der Waals surface area contributed by atoms with Crippen LogP contribution in [0.3, 0.4) is 0 Å². The second-order valence-electron chi connectivity index (χ2n) is 4.38. The highest BCUT2D eigenvalue weighted by Gasteiger charge is 2.12. The third-order valence-corrected chi connectivity index (χ3v) is 2.88. The van der Waals surface area contributed by atoms with Crippen LogP contribution in [0.2, 0.25) is 0 Å². The molecule has 1 atom stereocenters. The highest BCUT2D eigenvalue weighted by molar-refractivity contribution is 5.94. The summed E-state index contributed by atoms with van der Waals surface area (Å²) in [5.74, 6) is -0.164. The van der Waals surface area contributed by atoms with Crippen molar-refractivity contribution in [1.82, 2.24) is 10.3 Å². The molecule has 0 spiro atoms. The van der Waals surface area contributed by atoms with Gasteiger partial charge in [-0.3, -0.25) is 9.78 Å². The van der Waals surface area contributed by atoms with E-state index in [4.69, 9.17) is 0 Å². The summed E-state index contributed by atoms with van der Waals surface area (Å²) in [6.45, 7) is -1.05. The number of hydrogen-bond donors (Lipinski definition) is 1. The minimum atomic E-state index is -2.85. The van der Waals surface area contributed by atoms with Gasteiger partial charge in [0.15, 0.2) is 0 Å². The Balaban J connectivity index is 2.00. The number of halogens is 2. The molecule has 0 radical (unpaired) electrons. The Hall–Kier alpha value is -2.50. The molecule has 110 valence electrons. The van der Waals surface area contributed by atoms with Gasteiger partial charge in [-0.25, -0.2) is 0 Å². The summed E-state index contributed by atoms with van der Waals surface area (Å²) in [7, 11) is 0. The molecule has 0 saturated carbocycles. The molecule has 1 amide bonds. The molecule has 2 aromatic rings. The number of aromatic nitrogens is 1. The van der Waals surface area contributed by atoms with Crippen molar-refractivity contribution in [2.24, 2.45) is 0 Å². The lowest BCUT2D eigenvalue weighted by Gasteiger charge is -2.15. The Bertz CT molecular complexity index is 588. The third kappa shape index (κ3) is 4.24. The van der Waals surface area contributed by atoms with Crippen molar-refractivity contribution in [2.45, 2.75) is 19.6 Å². The SMILES string of the molecule is CC(NC(=O)c1cccnc1)c1ccc(OC(F)F)cc1. The van der Waals surface area contributed by atoms with Gasteiger partial charge >= 0.3 is 6.61 Å². The summed E-state index contributed by atoms with van der Waals surface area (Å²) < 4.78 is 28.4. The largest absolute Gasteiger partial charge is 0.435 e. The van der Waals surface area contributed by atoms with E-state index in [1.807, 2.05) is 0 Å². The molecule has 1 aromatic carbocycles. The fourth-order valence-electron chi connectivity index (χ4n) is 1.80. The van der Waals surface area contributed by atoms with Crippen molar-refractivity contribution in [3.05, 3.63) is 59.9 Å². The average Bonchev–Trinajstić information content (AvgIpc) is 2.48. The fourth-order valence-corrected chi connectivity index (χ4v) is 1.80. The van der Waals surface area contributed by atoms with E-state index in [0.29, 0.717) is 5.56 Å². The van der Waals surface area contributed by atoms with Crippen molar-refractivity contribution in [2.75, 3.05) is 0 Å². The maximum atomic E-state index is 12.1. The van der Waals surface area contributed by atoms with Crippen LogP contribution in [0.4, 0.5) is 8.78 Å². The van der Waals surface area contributed by atoms with Crippen LogP contribution >= 0.6 is 0 Å². The van der Waals surface area contributed by atoms with Crippen LogP contribution in [0, 0.1) is 0 Å². The van der Waals surface area contributed by atoms with Gasteiger partial charge in [0.1, 0.15) is 5.75 Å². The van der Waals surface area contributed by atoms with Crippen molar-refractivity contribution >= 4 is 5.91 Å². The van der Waals surface area contributed by atoms with E-state index in [0.717, 1.165) is 5.56 Å². The molecule has 1 heterocycles. The number of pyridine rings is 1. The van der Waals surface area contributed by atoms with Crippen LogP contribution in [-0.2, 0) is 0 Å². The molecule has 1 aromatic heterocycles. The van der Waals surface area contributed by atoms with Crippen LogP contribution in [0.25, 0.3) is 0 Å². The van der Waals surface area contributed by atoms with E-state index in [9.17, 15) is 13.6 Å². The molecule has 0 fully saturated rings. The predicted octanol–water partition coefficient (Wildman–Crippen LogP) is 3.17. The number of nitrogens with zero attached hydrogens (tertiary/aromatic N) is 1. The van der Waals surface area contributed by atoms with Crippen LogP contribution in [0.5, 0.6) is 5.75 Å². The summed E-state index contributed by atoms with van der Waals surface area (Å²) in [5, 5.41) is 2.80. The van der Waals surface area contributed by atoms with Gasteiger partial charge < -0.3 is 10.1 Å². The first-order chi connectivity index (χ1) is 10.1. The summed E-state index contributed by atoms with van der Waals surface area (Å²) in [6, 6.07) is 9.21. The Morgan fingerprint density at radius 3 is 2.52 bits per heavy atom. The fraction of sp³-hybridized carbons (Fsp3) is 0.200. The summed E-state index contributed by atoms with van der Waals surface area (Å²) in [5.41, 5.74) is 1.25. The molecule has 6 heteroatoms. The first kappa shape index (κ1) is 14.9. The van der Waals surface area contributed by atoms with E-state index in [1.165, 1.54) is 18.3 Å². The highest BCUT2D eigenvalue weighted by Crippen LogP contribution is 2.19. The van der Waals surface area contributed by atoms with Crippen LogP contribution < -0.4 is 10.1 Å². The number of rotatable bonds is 5. The second kappa shape index (κ2) is 6.78. The first-order valence-corrected chi connectivity index (χ1v) is 6.32. The molecule has 2 rings (SSSR count). The van der Waals surface area contributed by atoms with Gasteiger partial charge in [0.25, 0.3) is 5.91 Å². The van der Waals surface area contributed by atoms with Crippen molar-refractivity contribution in [3.8, 4) is 5.75 Å². The van der Waals surface area contributed by atoms with Gasteiger partial charge in [-0.05, 0) is 36.8 Å². The highest BCUT2D eigenvalue weighted by atomic mass is 19.3. The van der Waals surface area contributed by atoms with Crippen molar-refractivity contribution in [1.29, 1.82) is 0 Å². The van der Waals surface area contributed by atoms with Crippen molar-refractivity contribution < 1.29 is 18.3 Å². The maximum Gasteiger partial charge on any atom is 0.387 e. The zero-order valence-electron chi connectivity index (χ0n) is 11.3. The molecule has 1 N–H and O–H groups in total. The lowest BCUT2D eigenvalue weighted by molar-refractivity contribution is -0.0498. The summed E-state index contributed by atoms with van der Waals surface area (Å²) >= 11 is 0. The molecule has 0 bridgehead atoms. The molecular weight excluding hydrogens is 278 g/mol. The molecule has 4 nitrogen and oxygen atoms in total. The monoisotopic (exact) mass is 292 g/mol. The van der Waals surface area contributed by atoms with Crippen LogP contribution in [0.15, 0.2) is 48.8 Å². The lowest BCUT2D eigenvalue weighted by atomic mass is 10.1. The maximum absolute atomic E-state index is 12.1. The number of benzene rings is 1. The number of hydrogen-bond acceptors (Lipinski definition) is 3. The number of alkyl halides is 2. The Kier molecular flexibility index (Phi) is 4.81. The predicted molar refractivity (Wildman–Crippen MR) is 73.2 cm³/mol. The number of carbonyl (C=O) groups is 1. The molecule has 21 heavy (non-hydrogen) atoms. The zero-order chi connectivity index (χ0) is 15.2. The molecule has 1 unspecified atom stereocenters. The number of nitrogens with one attached hydrogen (secondary N) is 1. The zero-order valence-corrected chi connectivity index (χ0v) is 11.3. The standard InChI is InChI=1S/C15H14F2N2O2/c1-10(19-14(20)12-3-2-8-18-9-12)11-4-6-13(7-5-11)21-15(16)17/h2-10,15H,1H3,(H,19,20). The Morgan fingerprint density at radius 1 is 1.24 bits per heavy atom. The van der Waals surface area contributed by atoms with Gasteiger partial charge in [0.05, 0.1) is 11.6 Å². The molecule has 0 aliphatic rings.